The van der Waals surface area contributed by atoms with Crippen LogP contribution >= 0.6 is 11.3 Å². The van der Waals surface area contributed by atoms with Crippen LogP contribution in [0.3, 0.4) is 0 Å². The molecule has 3 aromatic rings. The summed E-state index contributed by atoms with van der Waals surface area (Å²) in [5, 5.41) is 8.73. The summed E-state index contributed by atoms with van der Waals surface area (Å²) >= 11 is 1.51. The summed E-state index contributed by atoms with van der Waals surface area (Å²) in [5.74, 6) is 0.409. The minimum absolute atomic E-state index is 0.0171. The molecule has 1 fully saturated rings. The van der Waals surface area contributed by atoms with Crippen LogP contribution in [-0.2, 0) is 21.2 Å². The first-order chi connectivity index (χ1) is 17.4. The Balaban J connectivity index is 1.36. The first kappa shape index (κ1) is 26.1. The molecule has 1 heterocycles. The normalized spacial score (nSPS) is 14.4. The van der Waals surface area contributed by atoms with Crippen molar-refractivity contribution < 1.29 is 17.9 Å². The molecule has 8 nitrogen and oxygen atoms in total. The Morgan fingerprint density at radius 3 is 2.53 bits per heavy atom. The highest BCUT2D eigenvalue weighted by Gasteiger charge is 2.21. The predicted octanol–water partition coefficient (Wildman–Crippen LogP) is 5.04. The van der Waals surface area contributed by atoms with E-state index in [0.717, 1.165) is 47.6 Å². The average molecular weight is 529 g/mol. The predicted molar refractivity (Wildman–Crippen MR) is 144 cm³/mol. The molecule has 0 radical (unpaired) electrons. The van der Waals surface area contributed by atoms with Gasteiger partial charge in [-0.25, -0.2) is 18.1 Å². The van der Waals surface area contributed by atoms with Gasteiger partial charge in [0, 0.05) is 30.5 Å². The first-order valence-electron chi connectivity index (χ1n) is 12.1. The standard InChI is InChI=1S/C26H32N4O4S2/c1-27-26-29-23(17-35-26)19-11-14-24(34-2)22(16-19)28-25(31)15-10-18-8-12-21(13-9-18)36(32,33)30-20-6-4-3-5-7-20/h8-9,11-14,16-17,20,30H,3-7,10,15H2,1-2H3,(H,27,29)(H,28,31). The van der Waals surface area contributed by atoms with Gasteiger partial charge in [-0.1, -0.05) is 31.4 Å². The fourth-order valence-electron chi connectivity index (χ4n) is 4.30. The molecule has 192 valence electrons. The van der Waals surface area contributed by atoms with Gasteiger partial charge in [0.15, 0.2) is 5.13 Å². The van der Waals surface area contributed by atoms with E-state index in [9.17, 15) is 13.2 Å². The van der Waals surface area contributed by atoms with Gasteiger partial charge in [0.1, 0.15) is 5.75 Å². The lowest BCUT2D eigenvalue weighted by Crippen LogP contribution is -2.36. The highest BCUT2D eigenvalue weighted by molar-refractivity contribution is 7.89. The van der Waals surface area contributed by atoms with Crippen LogP contribution in [0, 0.1) is 0 Å². The second-order valence-corrected chi connectivity index (χ2v) is 11.4. The quantitative estimate of drug-likeness (QED) is 0.340. The van der Waals surface area contributed by atoms with E-state index in [4.69, 9.17) is 4.74 Å². The number of carbonyl (C=O) groups is 1. The average Bonchev–Trinajstić information content (AvgIpc) is 3.37. The molecule has 1 amide bonds. The smallest absolute Gasteiger partial charge is 0.240 e. The maximum Gasteiger partial charge on any atom is 0.240 e. The number of anilines is 2. The number of aromatic nitrogens is 1. The number of hydrogen-bond acceptors (Lipinski definition) is 7. The van der Waals surface area contributed by atoms with Crippen molar-refractivity contribution in [2.24, 2.45) is 0 Å². The Hall–Kier alpha value is -2.95. The summed E-state index contributed by atoms with van der Waals surface area (Å²) in [7, 11) is -0.152. The van der Waals surface area contributed by atoms with Gasteiger partial charge in [-0.3, -0.25) is 4.79 Å². The number of benzene rings is 2. The SMILES string of the molecule is CNc1nc(-c2ccc(OC)c(NC(=O)CCc3ccc(S(=O)(=O)NC4CCCCC4)cc3)c2)cs1. The van der Waals surface area contributed by atoms with Gasteiger partial charge in [0.2, 0.25) is 15.9 Å². The summed E-state index contributed by atoms with van der Waals surface area (Å²) in [6, 6.07) is 12.3. The second kappa shape index (κ2) is 11.9. The minimum Gasteiger partial charge on any atom is -0.495 e. The molecule has 36 heavy (non-hydrogen) atoms. The lowest BCUT2D eigenvalue weighted by atomic mass is 9.96. The number of hydrogen-bond donors (Lipinski definition) is 3. The van der Waals surface area contributed by atoms with Gasteiger partial charge in [-0.15, -0.1) is 11.3 Å². The van der Waals surface area contributed by atoms with Crippen molar-refractivity contribution >= 4 is 38.1 Å². The van der Waals surface area contributed by atoms with Crippen molar-refractivity contribution in [1.29, 1.82) is 0 Å². The van der Waals surface area contributed by atoms with Crippen LogP contribution in [0.4, 0.5) is 10.8 Å². The van der Waals surface area contributed by atoms with Crippen molar-refractivity contribution in [3.8, 4) is 17.0 Å². The summed E-state index contributed by atoms with van der Waals surface area (Å²) in [6.07, 6.45) is 5.81. The number of carbonyl (C=O) groups excluding carboxylic acids is 1. The van der Waals surface area contributed by atoms with Crippen molar-refractivity contribution in [3.05, 3.63) is 53.4 Å². The van der Waals surface area contributed by atoms with Crippen LogP contribution in [-0.4, -0.2) is 39.5 Å². The van der Waals surface area contributed by atoms with Crippen molar-refractivity contribution in [1.82, 2.24) is 9.71 Å². The Morgan fingerprint density at radius 2 is 1.86 bits per heavy atom. The minimum atomic E-state index is -3.54. The van der Waals surface area contributed by atoms with E-state index >= 15 is 0 Å². The number of ether oxygens (including phenoxy) is 1. The van der Waals surface area contributed by atoms with E-state index in [-0.39, 0.29) is 23.3 Å². The molecule has 1 aliphatic rings. The molecule has 4 rings (SSSR count). The Kier molecular flexibility index (Phi) is 8.60. The maximum absolute atomic E-state index is 12.7. The van der Waals surface area contributed by atoms with Crippen molar-refractivity contribution in [2.45, 2.75) is 55.9 Å². The molecule has 3 N–H and O–H groups in total. The Labute approximate surface area is 216 Å². The number of sulfonamides is 1. The molecule has 0 atom stereocenters. The summed E-state index contributed by atoms with van der Waals surface area (Å²) in [6.45, 7) is 0. The van der Waals surface area contributed by atoms with E-state index < -0.39 is 10.0 Å². The van der Waals surface area contributed by atoms with Gasteiger partial charge in [0.25, 0.3) is 0 Å². The van der Waals surface area contributed by atoms with Crippen LogP contribution in [0.2, 0.25) is 0 Å². The topological polar surface area (TPSA) is 109 Å². The number of methoxy groups -OCH3 is 1. The molecule has 0 saturated heterocycles. The maximum atomic E-state index is 12.7. The molecule has 1 aliphatic carbocycles. The highest BCUT2D eigenvalue weighted by atomic mass is 32.2. The fourth-order valence-corrected chi connectivity index (χ4v) is 6.29. The van der Waals surface area contributed by atoms with E-state index in [2.05, 4.69) is 20.3 Å². The lowest BCUT2D eigenvalue weighted by molar-refractivity contribution is -0.116. The molecule has 10 heteroatoms. The van der Waals surface area contributed by atoms with Gasteiger partial charge < -0.3 is 15.4 Å². The fraction of sp³-hybridized carbons (Fsp3) is 0.385. The lowest BCUT2D eigenvalue weighted by Gasteiger charge is -2.22. The van der Waals surface area contributed by atoms with Crippen LogP contribution in [0.15, 0.2) is 52.7 Å². The van der Waals surface area contributed by atoms with Crippen molar-refractivity contribution in [2.75, 3.05) is 24.8 Å². The summed E-state index contributed by atoms with van der Waals surface area (Å²) < 4.78 is 33.6. The van der Waals surface area contributed by atoms with E-state index in [1.165, 1.54) is 17.8 Å². The number of nitrogens with one attached hydrogen (secondary N) is 3. The monoisotopic (exact) mass is 528 g/mol. The van der Waals surface area contributed by atoms with Crippen LogP contribution in [0.1, 0.15) is 44.1 Å². The molecule has 0 bridgehead atoms. The summed E-state index contributed by atoms with van der Waals surface area (Å²) in [5.41, 5.74) is 3.16. The van der Waals surface area contributed by atoms with E-state index in [1.807, 2.05) is 30.6 Å². The third-order valence-corrected chi connectivity index (χ3v) is 8.68. The van der Waals surface area contributed by atoms with Gasteiger partial charge in [0.05, 0.1) is 23.4 Å². The van der Waals surface area contributed by atoms with Crippen LogP contribution in [0.5, 0.6) is 5.75 Å². The molecule has 1 aromatic heterocycles. The van der Waals surface area contributed by atoms with Gasteiger partial charge in [-0.05, 0) is 55.2 Å². The molecule has 0 spiro atoms. The third kappa shape index (κ3) is 6.63. The largest absolute Gasteiger partial charge is 0.495 e. The zero-order chi connectivity index (χ0) is 25.5. The number of nitrogens with zero attached hydrogens (tertiary/aromatic N) is 1. The third-order valence-electron chi connectivity index (χ3n) is 6.29. The van der Waals surface area contributed by atoms with Gasteiger partial charge >= 0.3 is 0 Å². The van der Waals surface area contributed by atoms with Crippen LogP contribution in [0.25, 0.3) is 11.3 Å². The molecular weight excluding hydrogens is 496 g/mol. The molecule has 2 aromatic carbocycles. The molecule has 0 unspecified atom stereocenters. The number of rotatable bonds is 10. The molecule has 1 saturated carbocycles. The van der Waals surface area contributed by atoms with Gasteiger partial charge in [-0.2, -0.15) is 0 Å². The Morgan fingerprint density at radius 1 is 1.11 bits per heavy atom. The zero-order valence-corrected chi connectivity index (χ0v) is 22.2. The summed E-state index contributed by atoms with van der Waals surface area (Å²) in [4.78, 5) is 17.5. The molecular formula is C26H32N4O4S2. The van der Waals surface area contributed by atoms with Crippen molar-refractivity contribution in [3.63, 3.8) is 0 Å². The second-order valence-electron chi connectivity index (χ2n) is 8.85. The zero-order valence-electron chi connectivity index (χ0n) is 20.5. The first-order valence-corrected chi connectivity index (χ1v) is 14.5. The highest BCUT2D eigenvalue weighted by Crippen LogP contribution is 2.32. The van der Waals surface area contributed by atoms with Crippen LogP contribution < -0.4 is 20.1 Å². The number of thiazole rings is 1. The molecule has 0 aliphatic heterocycles. The number of aryl methyl sites for hydroxylation is 1. The van der Waals surface area contributed by atoms with E-state index in [1.54, 1.807) is 31.4 Å². The van der Waals surface area contributed by atoms with E-state index in [0.29, 0.717) is 17.9 Å². The Bertz CT molecular complexity index is 1280. The number of amides is 1.